The van der Waals surface area contributed by atoms with Gasteiger partial charge in [0.2, 0.25) is 0 Å². The Balaban J connectivity index is 1.63. The highest BCUT2D eigenvalue weighted by Gasteiger charge is 2.42. The average Bonchev–Trinajstić information content (AvgIpc) is 3.16. The van der Waals surface area contributed by atoms with Crippen LogP contribution in [0.25, 0.3) is 0 Å². The summed E-state index contributed by atoms with van der Waals surface area (Å²) in [7, 11) is 0. The van der Waals surface area contributed by atoms with Crippen LogP contribution >= 0.6 is 11.3 Å². The molecule has 0 radical (unpaired) electrons. The predicted molar refractivity (Wildman–Crippen MR) is 130 cm³/mol. The van der Waals surface area contributed by atoms with Crippen LogP contribution in [0.5, 0.6) is 11.5 Å². The van der Waals surface area contributed by atoms with E-state index in [1.807, 2.05) is 41.7 Å². The first kappa shape index (κ1) is 21.9. The third-order valence-corrected chi connectivity index (χ3v) is 7.28. The number of hydrogen-bond acceptors (Lipinski definition) is 3. The molecule has 31 heavy (non-hydrogen) atoms. The Hall–Kier alpha value is -2.33. The van der Waals surface area contributed by atoms with Crippen molar-refractivity contribution >= 4 is 11.3 Å². The van der Waals surface area contributed by atoms with Crippen LogP contribution in [0, 0.1) is 0 Å². The Bertz CT molecular complexity index is 1010. The normalized spacial score (nSPS) is 15.6. The zero-order valence-electron chi connectivity index (χ0n) is 18.8. The fourth-order valence-corrected chi connectivity index (χ4v) is 5.44. The molecule has 0 N–H and O–H groups in total. The van der Waals surface area contributed by atoms with E-state index in [0.717, 1.165) is 31.0 Å². The van der Waals surface area contributed by atoms with Crippen LogP contribution in [0.4, 0.5) is 0 Å². The predicted octanol–water partition coefficient (Wildman–Crippen LogP) is 7.31. The van der Waals surface area contributed by atoms with Gasteiger partial charge in [-0.2, -0.15) is 0 Å². The SMILES string of the molecule is CCCC/N=c1/scc(C2(c3ccc(Oc4ccccc4)cc3)CCC2)n1CCCC. The molecule has 2 aromatic carbocycles. The maximum absolute atomic E-state index is 6.02. The lowest BCUT2D eigenvalue weighted by Gasteiger charge is -2.43. The highest BCUT2D eigenvalue weighted by molar-refractivity contribution is 7.07. The van der Waals surface area contributed by atoms with Crippen molar-refractivity contribution in [2.75, 3.05) is 6.54 Å². The fourth-order valence-electron chi connectivity index (χ4n) is 4.39. The van der Waals surface area contributed by atoms with Crippen molar-refractivity contribution in [1.29, 1.82) is 0 Å². The summed E-state index contributed by atoms with van der Waals surface area (Å²) in [5, 5.41) is 2.38. The van der Waals surface area contributed by atoms with Gasteiger partial charge < -0.3 is 9.30 Å². The molecule has 0 saturated heterocycles. The van der Waals surface area contributed by atoms with E-state index in [1.54, 1.807) is 0 Å². The monoisotopic (exact) mass is 434 g/mol. The molecule has 1 aromatic heterocycles. The molecule has 1 aliphatic carbocycles. The number of aromatic nitrogens is 1. The Morgan fingerprint density at radius 2 is 1.65 bits per heavy atom. The number of unbranched alkanes of at least 4 members (excludes halogenated alkanes) is 2. The van der Waals surface area contributed by atoms with Gasteiger partial charge in [0, 0.05) is 29.6 Å². The van der Waals surface area contributed by atoms with Gasteiger partial charge in [0.15, 0.2) is 4.80 Å². The third kappa shape index (κ3) is 4.79. The lowest BCUT2D eigenvalue weighted by molar-refractivity contribution is 0.281. The average molecular weight is 435 g/mol. The summed E-state index contributed by atoms with van der Waals surface area (Å²) in [6.07, 6.45) is 8.47. The molecule has 1 heterocycles. The molecule has 0 spiro atoms. The van der Waals surface area contributed by atoms with Crippen molar-refractivity contribution in [2.24, 2.45) is 4.99 Å². The molecule has 164 valence electrons. The molecule has 1 saturated carbocycles. The van der Waals surface area contributed by atoms with Crippen LogP contribution in [0.1, 0.15) is 70.1 Å². The van der Waals surface area contributed by atoms with E-state index in [-0.39, 0.29) is 5.41 Å². The quantitative estimate of drug-likeness (QED) is 0.307. The van der Waals surface area contributed by atoms with E-state index in [1.165, 1.54) is 54.6 Å². The van der Waals surface area contributed by atoms with Crippen LogP contribution in [-0.4, -0.2) is 11.1 Å². The van der Waals surface area contributed by atoms with Gasteiger partial charge in [0.25, 0.3) is 0 Å². The number of nitrogens with zero attached hydrogens (tertiary/aromatic N) is 2. The Labute approximate surface area is 190 Å². The van der Waals surface area contributed by atoms with Crippen LogP contribution in [0.2, 0.25) is 0 Å². The molecule has 4 heteroatoms. The molecular weight excluding hydrogens is 400 g/mol. The first-order chi connectivity index (χ1) is 15.3. The van der Waals surface area contributed by atoms with Crippen molar-refractivity contribution < 1.29 is 4.74 Å². The Morgan fingerprint density at radius 3 is 2.29 bits per heavy atom. The second-order valence-electron chi connectivity index (χ2n) is 8.52. The lowest BCUT2D eigenvalue weighted by Crippen LogP contribution is -2.39. The summed E-state index contributed by atoms with van der Waals surface area (Å²) in [5.74, 6) is 1.77. The Morgan fingerprint density at radius 1 is 0.935 bits per heavy atom. The molecule has 1 fully saturated rings. The molecule has 4 rings (SSSR count). The standard InChI is InChI=1S/C27H34N2OS/c1-3-5-19-28-26-29(20-6-4-2)25(21-31-26)27(17-10-18-27)22-13-15-24(16-14-22)30-23-11-8-7-9-12-23/h7-9,11-16,21H,3-6,10,17-20H2,1-2H3/b28-26+. The van der Waals surface area contributed by atoms with E-state index in [9.17, 15) is 0 Å². The fraction of sp³-hybridized carbons (Fsp3) is 0.444. The summed E-state index contributed by atoms with van der Waals surface area (Å²) < 4.78 is 8.55. The first-order valence-corrected chi connectivity index (χ1v) is 12.7. The van der Waals surface area contributed by atoms with E-state index in [2.05, 4.69) is 48.1 Å². The summed E-state index contributed by atoms with van der Waals surface area (Å²) >= 11 is 1.82. The van der Waals surface area contributed by atoms with Crippen molar-refractivity contribution in [3.8, 4) is 11.5 Å². The van der Waals surface area contributed by atoms with Crippen LogP contribution in [0.3, 0.4) is 0 Å². The van der Waals surface area contributed by atoms with Gasteiger partial charge in [0.1, 0.15) is 11.5 Å². The maximum atomic E-state index is 6.02. The van der Waals surface area contributed by atoms with Gasteiger partial charge in [-0.3, -0.25) is 4.99 Å². The van der Waals surface area contributed by atoms with Crippen LogP contribution in [0.15, 0.2) is 65.0 Å². The highest BCUT2D eigenvalue weighted by Crippen LogP contribution is 2.49. The summed E-state index contributed by atoms with van der Waals surface area (Å²) in [6.45, 7) is 6.50. The zero-order valence-corrected chi connectivity index (χ0v) is 19.7. The van der Waals surface area contributed by atoms with E-state index < -0.39 is 0 Å². The maximum Gasteiger partial charge on any atom is 0.184 e. The van der Waals surface area contributed by atoms with E-state index >= 15 is 0 Å². The molecule has 0 bridgehead atoms. The molecule has 3 aromatic rings. The topological polar surface area (TPSA) is 26.5 Å². The first-order valence-electron chi connectivity index (χ1n) is 11.8. The zero-order chi connectivity index (χ0) is 21.5. The number of ether oxygens (including phenoxy) is 1. The summed E-state index contributed by atoms with van der Waals surface area (Å²) in [4.78, 5) is 6.16. The number of benzene rings is 2. The second-order valence-corrected chi connectivity index (χ2v) is 9.36. The summed E-state index contributed by atoms with van der Waals surface area (Å²) in [5.41, 5.74) is 2.99. The lowest BCUT2D eigenvalue weighted by atomic mass is 9.62. The Kier molecular flexibility index (Phi) is 7.29. The largest absolute Gasteiger partial charge is 0.457 e. The van der Waals surface area contributed by atoms with Crippen molar-refractivity contribution in [1.82, 2.24) is 4.57 Å². The van der Waals surface area contributed by atoms with Gasteiger partial charge in [-0.05, 0) is 55.5 Å². The minimum absolute atomic E-state index is 0.119. The van der Waals surface area contributed by atoms with Gasteiger partial charge in [-0.25, -0.2) is 0 Å². The van der Waals surface area contributed by atoms with Gasteiger partial charge in [-0.15, -0.1) is 11.3 Å². The van der Waals surface area contributed by atoms with Crippen molar-refractivity contribution in [3.05, 3.63) is 76.0 Å². The smallest absolute Gasteiger partial charge is 0.184 e. The number of rotatable bonds is 10. The molecule has 0 aliphatic heterocycles. The summed E-state index contributed by atoms with van der Waals surface area (Å²) in [6, 6.07) is 18.8. The molecule has 0 unspecified atom stereocenters. The second kappa shape index (κ2) is 10.3. The molecule has 0 amide bonds. The van der Waals surface area contributed by atoms with E-state index in [4.69, 9.17) is 9.73 Å². The molecule has 3 nitrogen and oxygen atoms in total. The minimum Gasteiger partial charge on any atom is -0.457 e. The van der Waals surface area contributed by atoms with Crippen LogP contribution < -0.4 is 9.54 Å². The number of thiazole rings is 1. The molecule has 1 aliphatic rings. The van der Waals surface area contributed by atoms with Gasteiger partial charge in [-0.1, -0.05) is 63.4 Å². The highest BCUT2D eigenvalue weighted by atomic mass is 32.1. The van der Waals surface area contributed by atoms with Crippen molar-refractivity contribution in [2.45, 2.75) is 70.8 Å². The number of para-hydroxylation sites is 1. The molecule has 0 atom stereocenters. The van der Waals surface area contributed by atoms with Crippen LogP contribution in [-0.2, 0) is 12.0 Å². The third-order valence-electron chi connectivity index (χ3n) is 6.37. The van der Waals surface area contributed by atoms with Gasteiger partial charge >= 0.3 is 0 Å². The number of hydrogen-bond donors (Lipinski definition) is 0. The van der Waals surface area contributed by atoms with Gasteiger partial charge in [0.05, 0.1) is 0 Å². The molecular formula is C27H34N2OS. The van der Waals surface area contributed by atoms with Crippen molar-refractivity contribution in [3.63, 3.8) is 0 Å². The minimum atomic E-state index is 0.119. The van der Waals surface area contributed by atoms with E-state index in [0.29, 0.717) is 0 Å².